The molecule has 0 aromatic rings. The smallest absolute Gasteiger partial charge is 0.408 e. The van der Waals surface area contributed by atoms with Gasteiger partial charge in [-0.25, -0.2) is 9.59 Å². The van der Waals surface area contributed by atoms with E-state index < -0.39 is 120 Å². The minimum absolute atomic E-state index is 0.0201. The van der Waals surface area contributed by atoms with E-state index in [1.54, 1.807) is 27.9 Å². The molecule has 0 spiro atoms. The van der Waals surface area contributed by atoms with Crippen LogP contribution in [0.4, 0.5) is 4.79 Å². The Morgan fingerprint density at radius 1 is 0.957 bits per heavy atom. The number of aliphatic hydroxyl groups excluding tert-OH is 2. The number of methoxy groups -OCH3 is 2. The number of amides is 2. The predicted molar refractivity (Wildman–Crippen MR) is 260 cm³/mol. The summed E-state index contributed by atoms with van der Waals surface area (Å²) < 4.78 is 29.2. The van der Waals surface area contributed by atoms with Crippen molar-refractivity contribution in [2.24, 2.45) is 35.3 Å². The van der Waals surface area contributed by atoms with Gasteiger partial charge in [-0.3, -0.25) is 19.2 Å². The van der Waals surface area contributed by atoms with Crippen LogP contribution in [0.15, 0.2) is 47.6 Å². The monoisotopic (exact) mass is 982 g/mol. The van der Waals surface area contributed by atoms with E-state index >= 15 is 0 Å². The molecule has 70 heavy (non-hydrogen) atoms. The van der Waals surface area contributed by atoms with Crippen LogP contribution < -0.4 is 11.1 Å². The van der Waals surface area contributed by atoms with Crippen molar-refractivity contribution in [3.8, 4) is 12.3 Å². The van der Waals surface area contributed by atoms with Gasteiger partial charge in [0.15, 0.2) is 18.0 Å². The first-order valence-electron chi connectivity index (χ1n) is 24.9. The number of carbonyl (C=O) groups excluding carboxylic acids is 6. The van der Waals surface area contributed by atoms with Crippen molar-refractivity contribution in [3.63, 3.8) is 0 Å². The fraction of sp³-hybridized carbons (Fsp3) is 0.698. The quantitative estimate of drug-likeness (QED) is 0.101. The van der Waals surface area contributed by atoms with Crippen LogP contribution in [0.1, 0.15) is 119 Å². The number of allylic oxidation sites excluding steroid dienone is 6. The molecule has 1 saturated carbocycles. The number of ketones is 3. The van der Waals surface area contributed by atoms with Crippen molar-refractivity contribution in [3.05, 3.63) is 47.6 Å². The molecule has 0 aromatic carbocycles. The molecule has 0 aromatic heterocycles. The van der Waals surface area contributed by atoms with Crippen LogP contribution in [0.5, 0.6) is 0 Å². The molecule has 2 saturated heterocycles. The van der Waals surface area contributed by atoms with Crippen molar-refractivity contribution in [2.75, 3.05) is 27.3 Å². The Hall–Kier alpha value is -4.54. The zero-order chi connectivity index (χ0) is 51.9. The third-order valence-electron chi connectivity index (χ3n) is 14.5. The molecule has 4 rings (SSSR count). The van der Waals surface area contributed by atoms with Crippen molar-refractivity contribution >= 4 is 35.3 Å². The van der Waals surface area contributed by atoms with E-state index in [1.807, 2.05) is 44.2 Å². The van der Waals surface area contributed by atoms with E-state index in [9.17, 15) is 44.1 Å². The van der Waals surface area contributed by atoms with E-state index in [0.717, 1.165) is 10.5 Å². The average Bonchev–Trinajstić information content (AvgIpc) is 3.33. The number of hydrogen-bond donors (Lipinski definition) is 5. The summed E-state index contributed by atoms with van der Waals surface area (Å²) in [5.74, 6) is -6.96. The fourth-order valence-electron chi connectivity index (χ4n) is 10.1. The lowest BCUT2D eigenvalue weighted by atomic mass is 9.80. The van der Waals surface area contributed by atoms with E-state index in [-0.39, 0.29) is 49.8 Å². The van der Waals surface area contributed by atoms with Crippen LogP contribution in [-0.2, 0) is 47.7 Å². The largest absolute Gasteiger partial charge is 0.459 e. The molecule has 3 aliphatic heterocycles. The number of fused-ring (bicyclic) bond motifs is 3. The number of aliphatic hydroxyl groups is 3. The van der Waals surface area contributed by atoms with Gasteiger partial charge in [-0.05, 0) is 101 Å². The molecule has 0 unspecified atom stereocenters. The number of carbonyl (C=O) groups is 6. The van der Waals surface area contributed by atoms with Gasteiger partial charge in [0.25, 0.3) is 11.7 Å². The number of rotatable bonds is 7. The number of hydrogen-bond acceptors (Lipinski definition) is 15. The molecule has 17 heteroatoms. The average molecular weight is 982 g/mol. The lowest BCUT2D eigenvalue weighted by molar-refractivity contribution is -0.265. The highest BCUT2D eigenvalue weighted by molar-refractivity contribution is 6.39. The number of nitrogens with one attached hydrogen (secondary N) is 1. The summed E-state index contributed by atoms with van der Waals surface area (Å²) in [6.07, 6.45) is 12.3. The fourth-order valence-corrected chi connectivity index (χ4v) is 10.1. The molecule has 2 amide bonds. The van der Waals surface area contributed by atoms with Crippen molar-refractivity contribution in [1.82, 2.24) is 10.2 Å². The van der Waals surface area contributed by atoms with Crippen LogP contribution in [0.2, 0.25) is 0 Å². The highest BCUT2D eigenvalue weighted by Gasteiger charge is 2.53. The second-order valence-corrected chi connectivity index (χ2v) is 20.0. The van der Waals surface area contributed by atoms with Gasteiger partial charge in [0.2, 0.25) is 5.79 Å². The Kier molecular flexibility index (Phi) is 22.7. The van der Waals surface area contributed by atoms with Gasteiger partial charge < -0.3 is 55.0 Å². The summed E-state index contributed by atoms with van der Waals surface area (Å²) in [6.45, 7) is 10.0. The summed E-state index contributed by atoms with van der Waals surface area (Å²) in [5, 5.41) is 36.4. The first-order chi connectivity index (χ1) is 33.1. The molecule has 2 bridgehead atoms. The summed E-state index contributed by atoms with van der Waals surface area (Å²) in [4.78, 5) is 85.0. The maximum absolute atomic E-state index is 14.4. The summed E-state index contributed by atoms with van der Waals surface area (Å²) in [7, 11) is 3.06. The third kappa shape index (κ3) is 15.7. The summed E-state index contributed by atoms with van der Waals surface area (Å²) in [6, 6.07) is -2.15. The Labute approximate surface area is 414 Å². The zero-order valence-electron chi connectivity index (χ0n) is 42.4. The first-order valence-corrected chi connectivity index (χ1v) is 24.9. The molecule has 1 aliphatic carbocycles. The molecule has 6 N–H and O–H groups in total. The second kappa shape index (κ2) is 27.3. The predicted octanol–water partition coefficient (Wildman–Crippen LogP) is 4.58. The maximum Gasteiger partial charge on any atom is 0.408 e. The van der Waals surface area contributed by atoms with Gasteiger partial charge in [-0.2, -0.15) is 0 Å². The topological polar surface area (TPSA) is 251 Å². The number of Topliss-reactive ketones (excluding diaryl/α,β-unsaturated/α-hetero) is 3. The van der Waals surface area contributed by atoms with E-state index in [1.165, 1.54) is 20.1 Å². The molecule has 390 valence electrons. The number of nitrogens with zero attached hydrogens (tertiary/aromatic N) is 1. The Morgan fingerprint density at radius 3 is 2.37 bits per heavy atom. The van der Waals surface area contributed by atoms with E-state index in [0.29, 0.717) is 51.4 Å². The molecular weight excluding hydrogens is 903 g/mol. The molecule has 3 heterocycles. The highest BCUT2D eigenvalue weighted by atomic mass is 16.6. The van der Waals surface area contributed by atoms with Crippen LogP contribution in [0, 0.1) is 41.9 Å². The SMILES string of the molecule is C#CCNC(=O)O[C@@H]1/C(C)=C/[C@@H](C)C(=O)C[C@@H]([C@H](N)C[C@@H]2CC[C@@H](O)[C@H](OC)C2)OC(=O)[C@@H]2CCCCN2C(=O)C(=O)[C@]2(O)O[C@@H](CC[C@H]2C)C[C@H](OC)/C(C)=C/C=C/C=C/[C@@H](C)C[C@@H](C)C(=O)[C@@H]1O. The first kappa shape index (κ1) is 58.0. The molecule has 15 atom stereocenters. The van der Waals surface area contributed by atoms with Gasteiger partial charge in [-0.15, -0.1) is 6.42 Å². The molecular formula is C53H79N3O14. The molecule has 3 fully saturated rings. The maximum atomic E-state index is 14.4. The van der Waals surface area contributed by atoms with Gasteiger partial charge in [0.05, 0.1) is 31.0 Å². The number of piperidine rings is 1. The van der Waals surface area contributed by atoms with Crippen molar-refractivity contribution in [1.29, 1.82) is 0 Å². The highest BCUT2D eigenvalue weighted by Crippen LogP contribution is 2.37. The third-order valence-corrected chi connectivity index (χ3v) is 14.5. The number of cyclic esters (lactones) is 1. The normalized spacial score (nSPS) is 38.1. The van der Waals surface area contributed by atoms with Crippen molar-refractivity contribution < 1.29 is 67.8 Å². The molecule has 4 aliphatic rings. The molecule has 17 nitrogen and oxygen atoms in total. The van der Waals surface area contributed by atoms with E-state index in [4.69, 9.17) is 35.8 Å². The van der Waals surface area contributed by atoms with Gasteiger partial charge >= 0.3 is 12.1 Å². The van der Waals surface area contributed by atoms with Crippen molar-refractivity contribution in [2.45, 2.75) is 179 Å². The lowest BCUT2D eigenvalue weighted by Gasteiger charge is -2.42. The van der Waals surface area contributed by atoms with Gasteiger partial charge in [-0.1, -0.05) is 70.1 Å². The number of alkyl carbamates (subject to hydrolysis) is 1. The summed E-state index contributed by atoms with van der Waals surface area (Å²) >= 11 is 0. The van der Waals surface area contributed by atoms with Gasteiger partial charge in [0.1, 0.15) is 17.9 Å². The number of terminal acetylenes is 1. The van der Waals surface area contributed by atoms with Crippen LogP contribution in [0.3, 0.4) is 0 Å². The minimum atomic E-state index is -2.48. The Morgan fingerprint density at radius 2 is 1.69 bits per heavy atom. The number of ether oxygens (including phenoxy) is 5. The van der Waals surface area contributed by atoms with Gasteiger partial charge in [0, 0.05) is 57.4 Å². The summed E-state index contributed by atoms with van der Waals surface area (Å²) in [5.41, 5.74) is 7.88. The minimum Gasteiger partial charge on any atom is -0.459 e. The standard InChI is InChI=1S/C53H79N3O14/c1-10-23-55-52(64)69-48-35(6)26-33(4)42(58)30-44(39(54)27-37-20-22-41(57)45(28-37)67-9)68-51(63)40-18-14-15-24-56(40)50(62)49(61)53(65)36(7)19-21-38(70-53)29-43(66-8)32(3)17-13-11-12-16-31(2)25-34(5)46(59)47(48)60/h1,11-13,16-17,26,31,33-34,36-41,43-45,47-48,57,60,65H,14-15,18-25,27-30,54H2,2-9H3,(H,55,64)/b13-11+,16-12+,32-17+,35-26+/t31-,33-,34-,36-,37+,38+,39-,40+,41-,43+,44+,45-,47+,48-,53-/m1/s1. The van der Waals surface area contributed by atoms with Crippen LogP contribution in [-0.4, -0.2) is 143 Å². The number of esters is 1. The molecule has 0 radical (unpaired) electrons. The number of nitrogens with two attached hydrogens (primary N) is 1. The second-order valence-electron chi connectivity index (χ2n) is 20.0. The lowest BCUT2D eigenvalue weighted by Crippen LogP contribution is -2.61. The van der Waals surface area contributed by atoms with E-state index in [2.05, 4.69) is 11.2 Å². The van der Waals surface area contributed by atoms with Crippen LogP contribution in [0.25, 0.3) is 0 Å². The Bertz CT molecular complexity index is 1990. The van der Waals surface area contributed by atoms with Crippen LogP contribution >= 0.6 is 0 Å². The zero-order valence-corrected chi connectivity index (χ0v) is 42.4. The Balaban J connectivity index is 1.75.